The molecule has 0 amide bonds. The molecular formula is C16H18FNO2. The van der Waals surface area contributed by atoms with Gasteiger partial charge in [0.15, 0.2) is 0 Å². The zero-order valence-electron chi connectivity index (χ0n) is 11.3. The molecule has 2 aromatic carbocycles. The maximum absolute atomic E-state index is 13.2. The Morgan fingerprint density at radius 3 is 2.65 bits per heavy atom. The van der Waals surface area contributed by atoms with Crippen LogP contribution in [-0.2, 0) is 6.54 Å². The van der Waals surface area contributed by atoms with Gasteiger partial charge in [0.2, 0.25) is 0 Å². The maximum atomic E-state index is 13.2. The predicted molar refractivity (Wildman–Crippen MR) is 76.1 cm³/mol. The Hall–Kier alpha value is -1.91. The summed E-state index contributed by atoms with van der Waals surface area (Å²) < 4.78 is 18.8. The molecule has 0 spiro atoms. The average molecular weight is 275 g/mol. The second-order valence-corrected chi connectivity index (χ2v) is 4.52. The zero-order chi connectivity index (χ0) is 14.4. The number of ether oxygens (including phenoxy) is 1. The van der Waals surface area contributed by atoms with Gasteiger partial charge in [-0.25, -0.2) is 4.39 Å². The molecule has 0 saturated heterocycles. The Kier molecular flexibility index (Phi) is 5.09. The summed E-state index contributed by atoms with van der Waals surface area (Å²) in [5.74, 6) is 0.280. The summed E-state index contributed by atoms with van der Waals surface area (Å²) in [5.41, 5.74) is 1.53. The summed E-state index contributed by atoms with van der Waals surface area (Å²) >= 11 is 0. The van der Waals surface area contributed by atoms with Crippen molar-refractivity contribution >= 4 is 0 Å². The summed E-state index contributed by atoms with van der Waals surface area (Å²) in [5, 5.41) is 13.0. The van der Waals surface area contributed by atoms with Gasteiger partial charge in [-0.3, -0.25) is 0 Å². The Morgan fingerprint density at radius 2 is 1.95 bits per heavy atom. The molecular weight excluding hydrogens is 257 g/mol. The van der Waals surface area contributed by atoms with E-state index < -0.39 is 6.10 Å². The van der Waals surface area contributed by atoms with Crippen molar-refractivity contribution in [2.45, 2.75) is 12.6 Å². The molecule has 4 heteroatoms. The minimum atomic E-state index is -0.705. The van der Waals surface area contributed by atoms with Gasteiger partial charge in [-0.05, 0) is 30.8 Å². The van der Waals surface area contributed by atoms with Crippen LogP contribution in [0, 0.1) is 5.82 Å². The minimum absolute atomic E-state index is 0.131. The predicted octanol–water partition coefficient (Wildman–Crippen LogP) is 2.66. The van der Waals surface area contributed by atoms with Crippen LogP contribution in [0.15, 0.2) is 48.5 Å². The lowest BCUT2D eigenvalue weighted by Gasteiger charge is -2.15. The summed E-state index contributed by atoms with van der Waals surface area (Å²) in [6.45, 7) is 0.640. The SMILES string of the molecule is CNCc1cc(F)ccc1OCC(O)c1ccccc1. The number of hydrogen-bond donors (Lipinski definition) is 2. The molecule has 0 bridgehead atoms. The van der Waals surface area contributed by atoms with E-state index >= 15 is 0 Å². The molecule has 0 aliphatic heterocycles. The second-order valence-electron chi connectivity index (χ2n) is 4.52. The maximum Gasteiger partial charge on any atom is 0.124 e. The molecule has 0 aliphatic rings. The normalized spacial score (nSPS) is 12.2. The highest BCUT2D eigenvalue weighted by molar-refractivity contribution is 5.34. The zero-order valence-corrected chi connectivity index (χ0v) is 11.3. The Morgan fingerprint density at radius 1 is 1.20 bits per heavy atom. The minimum Gasteiger partial charge on any atom is -0.490 e. The van der Waals surface area contributed by atoms with Crippen LogP contribution in [0.1, 0.15) is 17.2 Å². The van der Waals surface area contributed by atoms with Crippen LogP contribution in [0.2, 0.25) is 0 Å². The summed E-state index contributed by atoms with van der Waals surface area (Å²) in [7, 11) is 1.79. The molecule has 0 aromatic heterocycles. The Bertz CT molecular complexity index is 545. The van der Waals surface area contributed by atoms with Crippen molar-refractivity contribution in [1.29, 1.82) is 0 Å². The fraction of sp³-hybridized carbons (Fsp3) is 0.250. The Balaban J connectivity index is 2.03. The van der Waals surface area contributed by atoms with Crippen LogP contribution in [0.3, 0.4) is 0 Å². The van der Waals surface area contributed by atoms with Crippen LogP contribution in [0.4, 0.5) is 4.39 Å². The van der Waals surface area contributed by atoms with Crippen LogP contribution >= 0.6 is 0 Å². The van der Waals surface area contributed by atoms with Crippen molar-refractivity contribution in [2.75, 3.05) is 13.7 Å². The highest BCUT2D eigenvalue weighted by Crippen LogP contribution is 2.21. The third kappa shape index (κ3) is 3.79. The molecule has 0 saturated carbocycles. The van der Waals surface area contributed by atoms with E-state index in [4.69, 9.17) is 4.74 Å². The van der Waals surface area contributed by atoms with Gasteiger partial charge >= 0.3 is 0 Å². The van der Waals surface area contributed by atoms with E-state index in [1.807, 2.05) is 30.3 Å². The number of aliphatic hydroxyl groups excluding tert-OH is 1. The first-order chi connectivity index (χ1) is 9.70. The van der Waals surface area contributed by atoms with Gasteiger partial charge in [0.05, 0.1) is 0 Å². The van der Waals surface area contributed by atoms with Crippen molar-refractivity contribution in [2.24, 2.45) is 0 Å². The van der Waals surface area contributed by atoms with E-state index in [9.17, 15) is 9.50 Å². The highest BCUT2D eigenvalue weighted by Gasteiger charge is 2.10. The van der Waals surface area contributed by atoms with Gasteiger partial charge in [0, 0.05) is 12.1 Å². The van der Waals surface area contributed by atoms with Gasteiger partial charge in [-0.2, -0.15) is 0 Å². The molecule has 0 fully saturated rings. The van der Waals surface area contributed by atoms with Crippen molar-refractivity contribution in [1.82, 2.24) is 5.32 Å². The number of benzene rings is 2. The van der Waals surface area contributed by atoms with E-state index in [0.29, 0.717) is 12.3 Å². The van der Waals surface area contributed by atoms with Crippen molar-refractivity contribution in [3.05, 3.63) is 65.5 Å². The van der Waals surface area contributed by atoms with Crippen molar-refractivity contribution in [3.8, 4) is 5.75 Å². The fourth-order valence-corrected chi connectivity index (χ4v) is 1.96. The molecule has 0 radical (unpaired) electrons. The molecule has 2 aromatic rings. The number of aliphatic hydroxyl groups is 1. The fourth-order valence-electron chi connectivity index (χ4n) is 1.96. The van der Waals surface area contributed by atoms with Crippen LogP contribution in [-0.4, -0.2) is 18.8 Å². The molecule has 1 atom stereocenters. The lowest BCUT2D eigenvalue weighted by molar-refractivity contribution is 0.107. The average Bonchev–Trinajstić information content (AvgIpc) is 2.47. The number of rotatable bonds is 6. The van der Waals surface area contributed by atoms with Gasteiger partial charge in [-0.1, -0.05) is 30.3 Å². The van der Waals surface area contributed by atoms with Crippen LogP contribution < -0.4 is 10.1 Å². The summed E-state index contributed by atoms with van der Waals surface area (Å²) in [4.78, 5) is 0. The summed E-state index contributed by atoms with van der Waals surface area (Å²) in [6.07, 6.45) is -0.705. The van der Waals surface area contributed by atoms with Crippen LogP contribution in [0.25, 0.3) is 0 Å². The van der Waals surface area contributed by atoms with Crippen LogP contribution in [0.5, 0.6) is 5.75 Å². The molecule has 3 nitrogen and oxygen atoms in total. The van der Waals surface area contributed by atoms with E-state index in [0.717, 1.165) is 11.1 Å². The van der Waals surface area contributed by atoms with E-state index in [1.54, 1.807) is 13.1 Å². The Labute approximate surface area is 118 Å². The quantitative estimate of drug-likeness (QED) is 0.851. The number of nitrogens with one attached hydrogen (secondary N) is 1. The molecule has 0 aliphatic carbocycles. The van der Waals surface area contributed by atoms with Gasteiger partial charge in [0.25, 0.3) is 0 Å². The molecule has 20 heavy (non-hydrogen) atoms. The van der Waals surface area contributed by atoms with E-state index in [1.165, 1.54) is 12.1 Å². The molecule has 0 heterocycles. The largest absolute Gasteiger partial charge is 0.490 e. The van der Waals surface area contributed by atoms with Gasteiger partial charge in [-0.15, -0.1) is 0 Å². The number of hydrogen-bond acceptors (Lipinski definition) is 3. The third-order valence-electron chi connectivity index (χ3n) is 2.97. The van der Waals surface area contributed by atoms with Gasteiger partial charge in [0.1, 0.15) is 24.3 Å². The molecule has 1 unspecified atom stereocenters. The lowest BCUT2D eigenvalue weighted by atomic mass is 10.1. The van der Waals surface area contributed by atoms with Gasteiger partial charge < -0.3 is 15.2 Å². The highest BCUT2D eigenvalue weighted by atomic mass is 19.1. The molecule has 106 valence electrons. The first kappa shape index (κ1) is 14.5. The topological polar surface area (TPSA) is 41.5 Å². The molecule has 2 rings (SSSR count). The van der Waals surface area contributed by atoms with Crippen molar-refractivity contribution < 1.29 is 14.2 Å². The second kappa shape index (κ2) is 7.03. The smallest absolute Gasteiger partial charge is 0.124 e. The lowest BCUT2D eigenvalue weighted by Crippen LogP contribution is -2.12. The molecule has 2 N–H and O–H groups in total. The first-order valence-corrected chi connectivity index (χ1v) is 6.49. The standard InChI is InChI=1S/C16H18FNO2/c1-18-10-13-9-14(17)7-8-16(13)20-11-15(19)12-5-3-2-4-6-12/h2-9,15,18-19H,10-11H2,1H3. The monoisotopic (exact) mass is 275 g/mol. The summed E-state index contributed by atoms with van der Waals surface area (Å²) in [6, 6.07) is 13.7. The first-order valence-electron chi connectivity index (χ1n) is 6.49. The third-order valence-corrected chi connectivity index (χ3v) is 2.97. The van der Waals surface area contributed by atoms with Crippen molar-refractivity contribution in [3.63, 3.8) is 0 Å². The van der Waals surface area contributed by atoms with E-state index in [2.05, 4.69) is 5.32 Å². The van der Waals surface area contributed by atoms with E-state index in [-0.39, 0.29) is 12.4 Å². The number of halogens is 1.